The third-order valence-corrected chi connectivity index (χ3v) is 5.81. The van der Waals surface area contributed by atoms with Crippen LogP contribution in [0.4, 0.5) is 4.79 Å². The zero-order chi connectivity index (χ0) is 24.2. The third-order valence-electron chi connectivity index (χ3n) is 5.81. The number of nitrogens with one attached hydrogen (secondary N) is 2. The van der Waals surface area contributed by atoms with Gasteiger partial charge in [0.2, 0.25) is 0 Å². The van der Waals surface area contributed by atoms with E-state index in [0.717, 1.165) is 28.6 Å². The lowest BCUT2D eigenvalue weighted by molar-refractivity contribution is -0.140. The molecule has 2 amide bonds. The van der Waals surface area contributed by atoms with Crippen LogP contribution in [0.1, 0.15) is 47.1 Å². The summed E-state index contributed by atoms with van der Waals surface area (Å²) >= 11 is 0. The summed E-state index contributed by atoms with van der Waals surface area (Å²) in [5.41, 5.74) is 4.37. The maximum absolute atomic E-state index is 12.5. The van der Waals surface area contributed by atoms with Gasteiger partial charge in [-0.25, -0.2) is 14.6 Å². The number of carbonyl (C=O) groups excluding carboxylic acids is 2. The predicted molar refractivity (Wildman–Crippen MR) is 122 cm³/mol. The first-order valence-electron chi connectivity index (χ1n) is 10.9. The molecule has 3 aromatic rings. The Kier molecular flexibility index (Phi) is 6.62. The van der Waals surface area contributed by atoms with Gasteiger partial charge >= 0.3 is 12.1 Å². The minimum absolute atomic E-state index is 0.0752. The van der Waals surface area contributed by atoms with Crippen LogP contribution in [0, 0.1) is 5.92 Å². The van der Waals surface area contributed by atoms with Gasteiger partial charge in [-0.1, -0.05) is 62.4 Å². The van der Waals surface area contributed by atoms with Crippen molar-refractivity contribution in [3.63, 3.8) is 0 Å². The Labute approximate surface area is 196 Å². The number of aliphatic carboxylic acids is 1. The number of hydrogen-bond acceptors (Lipinski definition) is 6. The second-order valence-corrected chi connectivity index (χ2v) is 8.34. The van der Waals surface area contributed by atoms with Crippen molar-refractivity contribution in [3.05, 3.63) is 77.5 Å². The van der Waals surface area contributed by atoms with E-state index in [2.05, 4.69) is 27.8 Å². The van der Waals surface area contributed by atoms with Gasteiger partial charge in [-0.3, -0.25) is 4.79 Å². The summed E-state index contributed by atoms with van der Waals surface area (Å²) < 4.78 is 10.7. The standard InChI is InChI=1S/C25H25N3O6/c1-14(2)21(24(30)31)28-23(29)22-20(34-13-27-22)11-26-25(32)33-12-19-17-9-5-3-7-15(17)16-8-4-6-10-18(16)19/h3-10,13-14,19,21H,11-12H2,1-2H3,(H,26,32)(H,28,29)(H,30,31)/t21-/m1/s1. The molecular formula is C25H25N3O6. The monoisotopic (exact) mass is 463 g/mol. The molecule has 0 radical (unpaired) electrons. The number of ether oxygens (including phenoxy) is 1. The number of carbonyl (C=O) groups is 3. The summed E-state index contributed by atoms with van der Waals surface area (Å²) in [6.07, 6.45) is 0.393. The number of rotatable bonds is 8. The summed E-state index contributed by atoms with van der Waals surface area (Å²) in [6, 6.07) is 15.0. The molecule has 2 aromatic carbocycles. The molecule has 1 heterocycles. The molecule has 0 saturated heterocycles. The molecule has 1 aliphatic rings. The number of hydrogen-bond donors (Lipinski definition) is 3. The largest absolute Gasteiger partial charge is 0.480 e. The maximum Gasteiger partial charge on any atom is 0.407 e. The molecule has 0 fully saturated rings. The number of aromatic nitrogens is 1. The molecule has 1 aromatic heterocycles. The fraction of sp³-hybridized carbons (Fsp3) is 0.280. The number of amides is 2. The predicted octanol–water partition coefficient (Wildman–Crippen LogP) is 3.55. The first kappa shape index (κ1) is 23.0. The number of nitrogens with zero attached hydrogens (tertiary/aromatic N) is 1. The first-order chi connectivity index (χ1) is 16.4. The minimum Gasteiger partial charge on any atom is -0.480 e. The Balaban J connectivity index is 1.36. The van der Waals surface area contributed by atoms with Gasteiger partial charge in [0, 0.05) is 5.92 Å². The highest BCUT2D eigenvalue weighted by molar-refractivity contribution is 5.95. The van der Waals surface area contributed by atoms with E-state index in [1.807, 2.05) is 36.4 Å². The fourth-order valence-corrected chi connectivity index (χ4v) is 4.11. The third kappa shape index (κ3) is 4.63. The van der Waals surface area contributed by atoms with Crippen LogP contribution >= 0.6 is 0 Å². The Hall–Kier alpha value is -4.14. The molecule has 0 bridgehead atoms. The highest BCUT2D eigenvalue weighted by atomic mass is 16.5. The summed E-state index contributed by atoms with van der Waals surface area (Å²) in [6.45, 7) is 3.38. The zero-order valence-corrected chi connectivity index (χ0v) is 18.8. The van der Waals surface area contributed by atoms with E-state index in [1.165, 1.54) is 0 Å². The van der Waals surface area contributed by atoms with Crippen LogP contribution in [0.5, 0.6) is 0 Å². The molecule has 34 heavy (non-hydrogen) atoms. The summed E-state index contributed by atoms with van der Waals surface area (Å²) in [5, 5.41) is 14.3. The molecule has 9 nitrogen and oxygen atoms in total. The van der Waals surface area contributed by atoms with E-state index in [0.29, 0.717) is 0 Å². The lowest BCUT2D eigenvalue weighted by Gasteiger charge is -2.17. The van der Waals surface area contributed by atoms with E-state index >= 15 is 0 Å². The van der Waals surface area contributed by atoms with E-state index in [9.17, 15) is 19.5 Å². The zero-order valence-electron chi connectivity index (χ0n) is 18.8. The van der Waals surface area contributed by atoms with Gasteiger partial charge in [0.1, 0.15) is 12.6 Å². The topological polar surface area (TPSA) is 131 Å². The molecule has 1 aliphatic carbocycles. The first-order valence-corrected chi connectivity index (χ1v) is 10.9. The minimum atomic E-state index is -1.15. The highest BCUT2D eigenvalue weighted by Crippen LogP contribution is 2.44. The number of fused-ring (bicyclic) bond motifs is 3. The number of carboxylic acid groups (broad SMARTS) is 1. The summed E-state index contributed by atoms with van der Waals surface area (Å²) in [5.74, 6) is -2.15. The van der Waals surface area contributed by atoms with Crippen LogP contribution in [-0.4, -0.2) is 40.7 Å². The van der Waals surface area contributed by atoms with Gasteiger partial charge in [-0.2, -0.15) is 0 Å². The van der Waals surface area contributed by atoms with E-state index in [-0.39, 0.29) is 36.4 Å². The van der Waals surface area contributed by atoms with Crippen LogP contribution in [0.3, 0.4) is 0 Å². The van der Waals surface area contributed by atoms with Crippen molar-refractivity contribution >= 4 is 18.0 Å². The lowest BCUT2D eigenvalue weighted by atomic mass is 9.98. The van der Waals surface area contributed by atoms with Gasteiger partial charge in [0.15, 0.2) is 17.8 Å². The van der Waals surface area contributed by atoms with Gasteiger partial charge in [-0.15, -0.1) is 0 Å². The number of alkyl carbamates (subject to hydrolysis) is 1. The Morgan fingerprint density at radius 2 is 1.68 bits per heavy atom. The molecule has 176 valence electrons. The van der Waals surface area contributed by atoms with E-state index in [1.54, 1.807) is 13.8 Å². The van der Waals surface area contributed by atoms with Crippen molar-refractivity contribution in [1.29, 1.82) is 0 Å². The normalized spacial score (nSPS) is 13.1. The van der Waals surface area contributed by atoms with Crippen LogP contribution in [0.2, 0.25) is 0 Å². The average molecular weight is 463 g/mol. The molecule has 0 saturated carbocycles. The molecular weight excluding hydrogens is 438 g/mol. The van der Waals surface area contributed by atoms with Crippen LogP contribution in [-0.2, 0) is 16.1 Å². The van der Waals surface area contributed by atoms with Crippen LogP contribution in [0.15, 0.2) is 59.3 Å². The Morgan fingerprint density at radius 3 is 2.26 bits per heavy atom. The van der Waals surface area contributed by atoms with E-state index < -0.39 is 24.0 Å². The van der Waals surface area contributed by atoms with E-state index in [4.69, 9.17) is 9.15 Å². The fourth-order valence-electron chi connectivity index (χ4n) is 4.11. The molecule has 0 unspecified atom stereocenters. The lowest BCUT2D eigenvalue weighted by Crippen LogP contribution is -2.44. The number of oxazole rings is 1. The molecule has 3 N–H and O–H groups in total. The second-order valence-electron chi connectivity index (χ2n) is 8.34. The van der Waals surface area contributed by atoms with Crippen LogP contribution < -0.4 is 10.6 Å². The van der Waals surface area contributed by atoms with Crippen molar-refractivity contribution in [2.24, 2.45) is 5.92 Å². The van der Waals surface area contributed by atoms with Crippen molar-refractivity contribution in [2.45, 2.75) is 32.4 Å². The molecule has 0 spiro atoms. The van der Waals surface area contributed by atoms with Crippen molar-refractivity contribution in [1.82, 2.24) is 15.6 Å². The maximum atomic E-state index is 12.5. The molecule has 4 rings (SSSR count). The van der Waals surface area contributed by atoms with Gasteiger partial charge in [0.25, 0.3) is 5.91 Å². The van der Waals surface area contributed by atoms with Gasteiger partial charge in [0.05, 0.1) is 6.54 Å². The number of benzene rings is 2. The van der Waals surface area contributed by atoms with Crippen molar-refractivity contribution in [2.75, 3.05) is 6.61 Å². The number of carboxylic acids is 1. The Bertz CT molecular complexity index is 1170. The second kappa shape index (κ2) is 9.78. The summed E-state index contributed by atoms with van der Waals surface area (Å²) in [7, 11) is 0. The van der Waals surface area contributed by atoms with Crippen molar-refractivity contribution < 1.29 is 28.6 Å². The van der Waals surface area contributed by atoms with Gasteiger partial charge in [-0.05, 0) is 28.2 Å². The summed E-state index contributed by atoms with van der Waals surface area (Å²) in [4.78, 5) is 40.1. The van der Waals surface area contributed by atoms with Gasteiger partial charge < -0.3 is 24.9 Å². The Morgan fingerprint density at radius 1 is 1.06 bits per heavy atom. The van der Waals surface area contributed by atoms with Crippen molar-refractivity contribution in [3.8, 4) is 11.1 Å². The quantitative estimate of drug-likeness (QED) is 0.466. The smallest absolute Gasteiger partial charge is 0.407 e. The highest BCUT2D eigenvalue weighted by Gasteiger charge is 2.29. The average Bonchev–Trinajstić information content (AvgIpc) is 3.42. The molecule has 1 atom stereocenters. The molecule has 0 aliphatic heterocycles. The molecule has 9 heteroatoms. The SMILES string of the molecule is CC(C)[C@@H](NC(=O)c1ncoc1CNC(=O)OCC1c2ccccc2-c2ccccc21)C(=O)O. The van der Waals surface area contributed by atoms with Crippen LogP contribution in [0.25, 0.3) is 11.1 Å².